The molecule has 1 atom stereocenters. The lowest BCUT2D eigenvalue weighted by Crippen LogP contribution is -2.51. The Morgan fingerprint density at radius 3 is 2.46 bits per heavy atom. The molecule has 0 spiro atoms. The van der Waals surface area contributed by atoms with E-state index in [2.05, 4.69) is 45.4 Å². The molecule has 0 aromatic heterocycles. The normalized spacial score (nSPS) is 21.4. The van der Waals surface area contributed by atoms with Crippen molar-refractivity contribution < 1.29 is 9.53 Å². The summed E-state index contributed by atoms with van der Waals surface area (Å²) in [7, 11) is 0. The summed E-state index contributed by atoms with van der Waals surface area (Å²) in [4.78, 5) is 17.1. The molecule has 1 aromatic rings. The molecule has 0 saturated carbocycles. The van der Waals surface area contributed by atoms with E-state index in [1.165, 1.54) is 5.56 Å². The summed E-state index contributed by atoms with van der Waals surface area (Å²) in [5, 5.41) is 3.02. The Bertz CT molecular complexity index is 540. The molecule has 3 rings (SSSR count). The first-order chi connectivity index (χ1) is 12.7. The SMILES string of the molecule is NC(C(=O)NCCN1CCN(Cc2ccccc2)CC1)C1CCOCC1. The van der Waals surface area contributed by atoms with Crippen molar-refractivity contribution in [1.29, 1.82) is 0 Å². The highest BCUT2D eigenvalue weighted by Crippen LogP contribution is 2.17. The molecule has 2 fully saturated rings. The van der Waals surface area contributed by atoms with Crippen LogP contribution in [0.15, 0.2) is 30.3 Å². The van der Waals surface area contributed by atoms with Crippen LogP contribution in [-0.4, -0.2) is 74.2 Å². The minimum absolute atomic E-state index is 0.0142. The Labute approximate surface area is 156 Å². The van der Waals surface area contributed by atoms with E-state index in [9.17, 15) is 4.79 Å². The van der Waals surface area contributed by atoms with Gasteiger partial charge in [0.2, 0.25) is 5.91 Å². The molecular weight excluding hydrogens is 328 g/mol. The molecule has 2 aliphatic rings. The lowest BCUT2D eigenvalue weighted by Gasteiger charge is -2.35. The van der Waals surface area contributed by atoms with Crippen molar-refractivity contribution in [3.8, 4) is 0 Å². The largest absolute Gasteiger partial charge is 0.381 e. The maximum atomic E-state index is 12.2. The molecule has 1 aromatic carbocycles. The zero-order chi connectivity index (χ0) is 18.2. The summed E-state index contributed by atoms with van der Waals surface area (Å²) in [6.07, 6.45) is 1.77. The first kappa shape index (κ1) is 19.3. The minimum atomic E-state index is -0.401. The minimum Gasteiger partial charge on any atom is -0.381 e. The van der Waals surface area contributed by atoms with Gasteiger partial charge in [-0.15, -0.1) is 0 Å². The van der Waals surface area contributed by atoms with Gasteiger partial charge < -0.3 is 15.8 Å². The molecule has 26 heavy (non-hydrogen) atoms. The first-order valence-corrected chi connectivity index (χ1v) is 9.82. The Morgan fingerprint density at radius 1 is 1.12 bits per heavy atom. The van der Waals surface area contributed by atoms with Crippen LogP contribution in [0.3, 0.4) is 0 Å². The summed E-state index contributed by atoms with van der Waals surface area (Å²) in [5.41, 5.74) is 7.49. The number of nitrogens with two attached hydrogens (primary N) is 1. The van der Waals surface area contributed by atoms with Crippen molar-refractivity contribution in [2.75, 3.05) is 52.5 Å². The van der Waals surface area contributed by atoms with Gasteiger partial charge in [0.05, 0.1) is 6.04 Å². The molecule has 144 valence electrons. The van der Waals surface area contributed by atoms with Gasteiger partial charge in [0.25, 0.3) is 0 Å². The van der Waals surface area contributed by atoms with E-state index < -0.39 is 6.04 Å². The fraction of sp³-hybridized carbons (Fsp3) is 0.650. The highest BCUT2D eigenvalue weighted by molar-refractivity contribution is 5.81. The molecule has 3 N–H and O–H groups in total. The maximum Gasteiger partial charge on any atom is 0.237 e. The highest BCUT2D eigenvalue weighted by atomic mass is 16.5. The number of carbonyl (C=O) groups is 1. The van der Waals surface area contributed by atoms with Crippen molar-refractivity contribution in [1.82, 2.24) is 15.1 Å². The molecule has 2 aliphatic heterocycles. The monoisotopic (exact) mass is 360 g/mol. The fourth-order valence-corrected chi connectivity index (χ4v) is 3.76. The lowest BCUT2D eigenvalue weighted by molar-refractivity contribution is -0.124. The lowest BCUT2D eigenvalue weighted by atomic mass is 9.92. The molecule has 2 heterocycles. The predicted octanol–water partition coefficient (Wildman–Crippen LogP) is 0.674. The Balaban J connectivity index is 1.30. The topological polar surface area (TPSA) is 70.8 Å². The van der Waals surface area contributed by atoms with Gasteiger partial charge in [-0.25, -0.2) is 0 Å². The summed E-state index contributed by atoms with van der Waals surface area (Å²) in [5.74, 6) is 0.241. The molecule has 0 aliphatic carbocycles. The molecule has 0 radical (unpaired) electrons. The average molecular weight is 361 g/mol. The summed E-state index contributed by atoms with van der Waals surface area (Å²) < 4.78 is 5.34. The number of benzene rings is 1. The molecule has 6 heteroatoms. The van der Waals surface area contributed by atoms with Gasteiger partial charge in [0.15, 0.2) is 0 Å². The first-order valence-electron chi connectivity index (χ1n) is 9.82. The molecular formula is C20H32N4O2. The van der Waals surface area contributed by atoms with Gasteiger partial charge in [-0.05, 0) is 24.3 Å². The number of carbonyl (C=O) groups excluding carboxylic acids is 1. The van der Waals surface area contributed by atoms with E-state index in [-0.39, 0.29) is 11.8 Å². The van der Waals surface area contributed by atoms with E-state index >= 15 is 0 Å². The molecule has 6 nitrogen and oxygen atoms in total. The van der Waals surface area contributed by atoms with Crippen molar-refractivity contribution >= 4 is 5.91 Å². The van der Waals surface area contributed by atoms with E-state index in [1.54, 1.807) is 0 Å². The van der Waals surface area contributed by atoms with Crippen LogP contribution in [0.1, 0.15) is 18.4 Å². The second-order valence-corrected chi connectivity index (χ2v) is 7.37. The average Bonchev–Trinajstić information content (AvgIpc) is 2.70. The number of hydrogen-bond acceptors (Lipinski definition) is 5. The Morgan fingerprint density at radius 2 is 1.77 bits per heavy atom. The van der Waals surface area contributed by atoms with Crippen LogP contribution in [0.5, 0.6) is 0 Å². The van der Waals surface area contributed by atoms with Gasteiger partial charge >= 0.3 is 0 Å². The third kappa shape index (κ3) is 5.77. The van der Waals surface area contributed by atoms with Crippen LogP contribution in [0.25, 0.3) is 0 Å². The quantitative estimate of drug-likeness (QED) is 0.748. The van der Waals surface area contributed by atoms with Gasteiger partial charge in [-0.1, -0.05) is 30.3 Å². The van der Waals surface area contributed by atoms with Gasteiger partial charge in [0.1, 0.15) is 0 Å². The van der Waals surface area contributed by atoms with Crippen LogP contribution in [0.2, 0.25) is 0 Å². The number of nitrogens with zero attached hydrogens (tertiary/aromatic N) is 2. The second kappa shape index (κ2) is 10.0. The van der Waals surface area contributed by atoms with Crippen molar-refractivity contribution in [2.45, 2.75) is 25.4 Å². The van der Waals surface area contributed by atoms with Gasteiger partial charge in [0, 0.05) is 59.0 Å². The fourth-order valence-electron chi connectivity index (χ4n) is 3.76. The zero-order valence-corrected chi connectivity index (χ0v) is 15.6. The second-order valence-electron chi connectivity index (χ2n) is 7.37. The van der Waals surface area contributed by atoms with Crippen LogP contribution >= 0.6 is 0 Å². The standard InChI is InChI=1S/C20H32N4O2/c21-19(18-6-14-26-15-7-18)20(25)22-8-9-23-10-12-24(13-11-23)16-17-4-2-1-3-5-17/h1-5,18-19H,6-16,21H2,(H,22,25). The number of ether oxygens (including phenoxy) is 1. The molecule has 1 amide bonds. The highest BCUT2D eigenvalue weighted by Gasteiger charge is 2.26. The van der Waals surface area contributed by atoms with Crippen LogP contribution in [-0.2, 0) is 16.1 Å². The van der Waals surface area contributed by atoms with Crippen LogP contribution in [0.4, 0.5) is 0 Å². The molecule has 0 bridgehead atoms. The molecule has 2 saturated heterocycles. The van der Waals surface area contributed by atoms with E-state index in [0.29, 0.717) is 6.54 Å². The third-order valence-electron chi connectivity index (χ3n) is 5.52. The zero-order valence-electron chi connectivity index (χ0n) is 15.6. The van der Waals surface area contributed by atoms with Crippen molar-refractivity contribution in [3.05, 3.63) is 35.9 Å². The van der Waals surface area contributed by atoms with Gasteiger partial charge in [-0.3, -0.25) is 14.6 Å². The van der Waals surface area contributed by atoms with E-state index in [1.807, 2.05) is 0 Å². The van der Waals surface area contributed by atoms with E-state index in [0.717, 1.165) is 65.3 Å². The van der Waals surface area contributed by atoms with E-state index in [4.69, 9.17) is 10.5 Å². The number of piperazine rings is 1. The van der Waals surface area contributed by atoms with Crippen molar-refractivity contribution in [3.63, 3.8) is 0 Å². The third-order valence-corrected chi connectivity index (χ3v) is 5.52. The molecule has 1 unspecified atom stereocenters. The summed E-state index contributed by atoms with van der Waals surface area (Å²) in [6, 6.07) is 10.2. The number of rotatable bonds is 7. The summed E-state index contributed by atoms with van der Waals surface area (Å²) >= 11 is 0. The Hall–Kier alpha value is -1.47. The number of amides is 1. The maximum absolute atomic E-state index is 12.2. The number of hydrogen-bond donors (Lipinski definition) is 2. The van der Waals surface area contributed by atoms with Crippen LogP contribution < -0.4 is 11.1 Å². The Kier molecular flexibility index (Phi) is 7.43. The number of nitrogens with one attached hydrogen (secondary N) is 1. The van der Waals surface area contributed by atoms with Gasteiger partial charge in [-0.2, -0.15) is 0 Å². The predicted molar refractivity (Wildman–Crippen MR) is 103 cm³/mol. The smallest absolute Gasteiger partial charge is 0.237 e. The van der Waals surface area contributed by atoms with Crippen molar-refractivity contribution in [2.24, 2.45) is 11.7 Å². The summed E-state index contributed by atoms with van der Waals surface area (Å²) in [6.45, 7) is 8.28. The van der Waals surface area contributed by atoms with Crippen LogP contribution in [0, 0.1) is 5.92 Å².